The van der Waals surface area contributed by atoms with Crippen LogP contribution in [0.3, 0.4) is 0 Å². The highest BCUT2D eigenvalue weighted by molar-refractivity contribution is 7.14. The maximum Gasteiger partial charge on any atom is 0.256 e. The van der Waals surface area contributed by atoms with E-state index in [0.29, 0.717) is 16.1 Å². The number of amides is 1. The van der Waals surface area contributed by atoms with Crippen LogP contribution in [0.2, 0.25) is 0 Å². The van der Waals surface area contributed by atoms with Crippen molar-refractivity contribution in [1.29, 1.82) is 5.26 Å². The summed E-state index contributed by atoms with van der Waals surface area (Å²) in [6, 6.07) is 9.39. The van der Waals surface area contributed by atoms with Gasteiger partial charge in [-0.2, -0.15) is 5.26 Å². The Kier molecular flexibility index (Phi) is 2.94. The summed E-state index contributed by atoms with van der Waals surface area (Å²) < 4.78 is 0. The van der Waals surface area contributed by atoms with Gasteiger partial charge < -0.3 is 10.6 Å². The van der Waals surface area contributed by atoms with E-state index in [0.717, 1.165) is 18.7 Å². The molecule has 0 bridgehead atoms. The minimum atomic E-state index is -0.173. The van der Waals surface area contributed by atoms with Crippen molar-refractivity contribution in [3.63, 3.8) is 0 Å². The second-order valence-corrected chi connectivity index (χ2v) is 5.19. The van der Waals surface area contributed by atoms with Gasteiger partial charge in [-0.15, -0.1) is 11.3 Å². The van der Waals surface area contributed by atoms with Crippen LogP contribution in [-0.2, 0) is 6.42 Å². The number of nitrogens with zero attached hydrogens (tertiary/aromatic N) is 1. The van der Waals surface area contributed by atoms with E-state index in [1.807, 2.05) is 12.1 Å². The Bertz CT molecular complexity index is 684. The van der Waals surface area contributed by atoms with E-state index in [1.54, 1.807) is 17.5 Å². The standard InChI is InChI=1S/C14H11N3OS/c15-8-11-4-6-19-14(11)17-13(18)10-1-2-12-9(7-10)3-5-16-12/h1-2,4,6-7,16H,3,5H2,(H,17,18). The van der Waals surface area contributed by atoms with E-state index in [-0.39, 0.29) is 5.91 Å². The van der Waals surface area contributed by atoms with Gasteiger partial charge in [0.1, 0.15) is 11.1 Å². The lowest BCUT2D eigenvalue weighted by molar-refractivity contribution is 0.102. The van der Waals surface area contributed by atoms with E-state index >= 15 is 0 Å². The summed E-state index contributed by atoms with van der Waals surface area (Å²) >= 11 is 1.36. The Balaban J connectivity index is 1.83. The van der Waals surface area contributed by atoms with Gasteiger partial charge in [0.15, 0.2) is 0 Å². The second kappa shape index (κ2) is 4.75. The third-order valence-corrected chi connectivity index (χ3v) is 3.92. The Hall–Kier alpha value is -2.32. The lowest BCUT2D eigenvalue weighted by atomic mass is 10.1. The van der Waals surface area contributed by atoms with Gasteiger partial charge in [-0.25, -0.2) is 0 Å². The largest absolute Gasteiger partial charge is 0.384 e. The highest BCUT2D eigenvalue weighted by Gasteiger charge is 2.14. The number of hydrogen-bond donors (Lipinski definition) is 2. The van der Waals surface area contributed by atoms with Crippen LogP contribution in [0.1, 0.15) is 21.5 Å². The first-order valence-electron chi connectivity index (χ1n) is 5.93. The Morgan fingerprint density at radius 1 is 1.42 bits per heavy atom. The van der Waals surface area contributed by atoms with Crippen molar-refractivity contribution in [3.05, 3.63) is 46.3 Å². The normalized spacial score (nSPS) is 12.4. The maximum atomic E-state index is 12.1. The molecule has 19 heavy (non-hydrogen) atoms. The topological polar surface area (TPSA) is 64.9 Å². The molecule has 1 aliphatic rings. The van der Waals surface area contributed by atoms with E-state index in [4.69, 9.17) is 5.26 Å². The van der Waals surface area contributed by atoms with Crippen molar-refractivity contribution in [1.82, 2.24) is 0 Å². The van der Waals surface area contributed by atoms with Crippen LogP contribution in [0.15, 0.2) is 29.6 Å². The van der Waals surface area contributed by atoms with Crippen LogP contribution in [0.25, 0.3) is 0 Å². The minimum absolute atomic E-state index is 0.173. The number of fused-ring (bicyclic) bond motifs is 1. The molecule has 0 saturated heterocycles. The minimum Gasteiger partial charge on any atom is -0.384 e. The van der Waals surface area contributed by atoms with Crippen LogP contribution >= 0.6 is 11.3 Å². The van der Waals surface area contributed by atoms with Gasteiger partial charge >= 0.3 is 0 Å². The molecule has 2 N–H and O–H groups in total. The molecular weight excluding hydrogens is 258 g/mol. The van der Waals surface area contributed by atoms with Crippen molar-refractivity contribution in [3.8, 4) is 6.07 Å². The molecule has 4 nitrogen and oxygen atoms in total. The van der Waals surface area contributed by atoms with Crippen LogP contribution in [0, 0.1) is 11.3 Å². The molecular formula is C14H11N3OS. The van der Waals surface area contributed by atoms with E-state index in [9.17, 15) is 4.79 Å². The molecule has 2 heterocycles. The first-order chi connectivity index (χ1) is 9.28. The lowest BCUT2D eigenvalue weighted by Gasteiger charge is -2.05. The predicted octanol–water partition coefficient (Wildman–Crippen LogP) is 2.84. The van der Waals surface area contributed by atoms with E-state index < -0.39 is 0 Å². The molecule has 1 aromatic carbocycles. The molecule has 0 spiro atoms. The average Bonchev–Trinajstić information content (AvgIpc) is 3.05. The summed E-state index contributed by atoms with van der Waals surface area (Å²) in [6.07, 6.45) is 0.943. The van der Waals surface area contributed by atoms with Crippen molar-refractivity contribution >= 4 is 27.9 Å². The Morgan fingerprint density at radius 2 is 2.32 bits per heavy atom. The van der Waals surface area contributed by atoms with Crippen molar-refractivity contribution in [2.75, 3.05) is 17.2 Å². The van der Waals surface area contributed by atoms with Gasteiger partial charge in [-0.1, -0.05) is 0 Å². The number of carbonyl (C=O) groups excluding carboxylic acids is 1. The summed E-state index contributed by atoms with van der Waals surface area (Å²) in [5.41, 5.74) is 3.39. The van der Waals surface area contributed by atoms with Gasteiger partial charge in [0, 0.05) is 17.8 Å². The fourth-order valence-corrected chi connectivity index (χ4v) is 2.85. The van der Waals surface area contributed by atoms with Gasteiger partial charge in [0.05, 0.1) is 5.56 Å². The molecule has 1 amide bonds. The van der Waals surface area contributed by atoms with Gasteiger partial charge in [-0.05, 0) is 41.6 Å². The summed E-state index contributed by atoms with van der Waals surface area (Å²) in [5, 5.41) is 17.4. The number of rotatable bonds is 2. The molecule has 0 unspecified atom stereocenters. The van der Waals surface area contributed by atoms with Crippen LogP contribution in [-0.4, -0.2) is 12.5 Å². The molecule has 1 aliphatic heterocycles. The second-order valence-electron chi connectivity index (χ2n) is 4.28. The smallest absolute Gasteiger partial charge is 0.256 e. The Morgan fingerprint density at radius 3 is 3.16 bits per heavy atom. The van der Waals surface area contributed by atoms with Gasteiger partial charge in [0.25, 0.3) is 5.91 Å². The molecule has 5 heteroatoms. The third kappa shape index (κ3) is 2.18. The van der Waals surface area contributed by atoms with Crippen LogP contribution in [0.5, 0.6) is 0 Å². The van der Waals surface area contributed by atoms with Gasteiger partial charge in [0.2, 0.25) is 0 Å². The zero-order chi connectivity index (χ0) is 13.2. The average molecular weight is 269 g/mol. The molecule has 0 radical (unpaired) electrons. The van der Waals surface area contributed by atoms with Crippen molar-refractivity contribution in [2.24, 2.45) is 0 Å². The molecule has 0 atom stereocenters. The predicted molar refractivity (Wildman–Crippen MR) is 75.6 cm³/mol. The SMILES string of the molecule is N#Cc1ccsc1NC(=O)c1ccc2c(c1)CCN2. The first-order valence-corrected chi connectivity index (χ1v) is 6.81. The number of anilines is 2. The summed E-state index contributed by atoms with van der Waals surface area (Å²) in [5.74, 6) is -0.173. The molecule has 3 rings (SSSR count). The number of nitrogens with one attached hydrogen (secondary N) is 2. The number of benzene rings is 1. The summed E-state index contributed by atoms with van der Waals surface area (Å²) in [7, 11) is 0. The summed E-state index contributed by atoms with van der Waals surface area (Å²) in [6.45, 7) is 0.921. The fraction of sp³-hybridized carbons (Fsp3) is 0.143. The molecule has 0 saturated carbocycles. The Labute approximate surface area is 114 Å². The molecule has 0 fully saturated rings. The van der Waals surface area contributed by atoms with E-state index in [1.165, 1.54) is 16.9 Å². The molecule has 94 valence electrons. The maximum absolute atomic E-state index is 12.1. The number of thiophene rings is 1. The zero-order valence-corrected chi connectivity index (χ0v) is 10.9. The quantitative estimate of drug-likeness (QED) is 0.881. The zero-order valence-electron chi connectivity index (χ0n) is 10.1. The number of carbonyl (C=O) groups is 1. The molecule has 1 aromatic heterocycles. The number of hydrogen-bond acceptors (Lipinski definition) is 4. The summed E-state index contributed by atoms with van der Waals surface area (Å²) in [4.78, 5) is 12.1. The van der Waals surface area contributed by atoms with Crippen LogP contribution < -0.4 is 10.6 Å². The highest BCUT2D eigenvalue weighted by atomic mass is 32.1. The fourth-order valence-electron chi connectivity index (χ4n) is 2.12. The molecule has 0 aliphatic carbocycles. The first kappa shape index (κ1) is 11.8. The monoisotopic (exact) mass is 269 g/mol. The van der Waals surface area contributed by atoms with Crippen LogP contribution in [0.4, 0.5) is 10.7 Å². The van der Waals surface area contributed by atoms with Gasteiger partial charge in [-0.3, -0.25) is 4.79 Å². The van der Waals surface area contributed by atoms with Crippen molar-refractivity contribution < 1.29 is 4.79 Å². The van der Waals surface area contributed by atoms with Crippen molar-refractivity contribution in [2.45, 2.75) is 6.42 Å². The molecule has 2 aromatic rings. The third-order valence-electron chi connectivity index (χ3n) is 3.09. The van der Waals surface area contributed by atoms with E-state index in [2.05, 4.69) is 16.7 Å². The number of nitriles is 1. The lowest BCUT2D eigenvalue weighted by Crippen LogP contribution is -2.11. The highest BCUT2D eigenvalue weighted by Crippen LogP contribution is 2.25.